The van der Waals surface area contributed by atoms with Crippen LogP contribution in [0.3, 0.4) is 0 Å². The van der Waals surface area contributed by atoms with Gasteiger partial charge in [0, 0.05) is 0 Å². The van der Waals surface area contributed by atoms with E-state index in [0.717, 1.165) is 29.2 Å². The molecule has 0 aliphatic carbocycles. The van der Waals surface area contributed by atoms with Gasteiger partial charge in [0.2, 0.25) is 5.95 Å². The van der Waals surface area contributed by atoms with Crippen LogP contribution in [0.2, 0.25) is 0 Å². The molecule has 0 saturated heterocycles. The van der Waals surface area contributed by atoms with E-state index in [0.29, 0.717) is 6.61 Å². The van der Waals surface area contributed by atoms with Gasteiger partial charge < -0.3 is 10.1 Å². The van der Waals surface area contributed by atoms with Gasteiger partial charge >= 0.3 is 0 Å². The van der Waals surface area contributed by atoms with E-state index >= 15 is 0 Å². The minimum atomic E-state index is -0.231. The SMILES string of the molecule is CCOc1ccc([C@@H]2C[C@@H](c3ccc(F)cc3)Nc3ncnn32)cc1. The number of rotatable bonds is 4. The fourth-order valence-corrected chi connectivity index (χ4v) is 3.26. The van der Waals surface area contributed by atoms with Gasteiger partial charge in [-0.1, -0.05) is 24.3 Å². The van der Waals surface area contributed by atoms with Crippen molar-refractivity contribution in [2.45, 2.75) is 25.4 Å². The number of benzene rings is 2. The fourth-order valence-electron chi connectivity index (χ4n) is 3.26. The monoisotopic (exact) mass is 338 g/mol. The first kappa shape index (κ1) is 15.6. The summed E-state index contributed by atoms with van der Waals surface area (Å²) in [5, 5.41) is 7.75. The Labute approximate surface area is 145 Å². The molecule has 3 aromatic rings. The molecule has 25 heavy (non-hydrogen) atoms. The summed E-state index contributed by atoms with van der Waals surface area (Å²) in [6.45, 7) is 2.61. The number of halogens is 1. The second-order valence-electron chi connectivity index (χ2n) is 6.03. The highest BCUT2D eigenvalue weighted by atomic mass is 19.1. The molecule has 1 N–H and O–H groups in total. The van der Waals surface area contributed by atoms with Crippen LogP contribution in [0, 0.1) is 5.82 Å². The Balaban J connectivity index is 1.65. The molecule has 0 fully saturated rings. The lowest BCUT2D eigenvalue weighted by molar-refractivity contribution is 0.340. The third kappa shape index (κ3) is 3.07. The molecule has 2 aromatic carbocycles. The lowest BCUT2D eigenvalue weighted by Crippen LogP contribution is -2.28. The molecule has 0 bridgehead atoms. The van der Waals surface area contributed by atoms with Gasteiger partial charge in [-0.2, -0.15) is 10.1 Å². The molecule has 2 atom stereocenters. The Kier molecular flexibility index (Phi) is 4.09. The molecular formula is C19H19FN4O. The molecular weight excluding hydrogens is 319 g/mol. The molecule has 1 aliphatic heterocycles. The Morgan fingerprint density at radius 2 is 1.84 bits per heavy atom. The summed E-state index contributed by atoms with van der Waals surface area (Å²) < 4.78 is 20.6. The van der Waals surface area contributed by atoms with Crippen molar-refractivity contribution in [2.24, 2.45) is 0 Å². The summed E-state index contributed by atoms with van der Waals surface area (Å²) in [7, 11) is 0. The normalized spacial score (nSPS) is 19.1. The van der Waals surface area contributed by atoms with E-state index in [4.69, 9.17) is 4.74 Å². The van der Waals surface area contributed by atoms with E-state index < -0.39 is 0 Å². The average molecular weight is 338 g/mol. The van der Waals surface area contributed by atoms with E-state index in [1.165, 1.54) is 12.1 Å². The zero-order valence-electron chi connectivity index (χ0n) is 13.9. The lowest BCUT2D eigenvalue weighted by Gasteiger charge is -2.31. The van der Waals surface area contributed by atoms with Crippen molar-refractivity contribution < 1.29 is 9.13 Å². The van der Waals surface area contributed by atoms with Crippen LogP contribution < -0.4 is 10.1 Å². The van der Waals surface area contributed by atoms with Gasteiger partial charge in [0.25, 0.3) is 0 Å². The van der Waals surface area contributed by atoms with Gasteiger partial charge in [0.05, 0.1) is 18.7 Å². The molecule has 0 unspecified atom stereocenters. The predicted octanol–water partition coefficient (Wildman–Crippen LogP) is 3.96. The maximum Gasteiger partial charge on any atom is 0.222 e. The Morgan fingerprint density at radius 3 is 2.56 bits per heavy atom. The topological polar surface area (TPSA) is 52.0 Å². The molecule has 0 spiro atoms. The van der Waals surface area contributed by atoms with E-state index in [9.17, 15) is 4.39 Å². The summed E-state index contributed by atoms with van der Waals surface area (Å²) in [5.74, 6) is 1.35. The number of aromatic nitrogens is 3. The zero-order chi connectivity index (χ0) is 17.2. The molecule has 1 aromatic heterocycles. The van der Waals surface area contributed by atoms with Crippen molar-refractivity contribution in [1.82, 2.24) is 14.8 Å². The van der Waals surface area contributed by atoms with E-state index in [1.54, 1.807) is 6.33 Å². The molecule has 4 rings (SSSR count). The van der Waals surface area contributed by atoms with Gasteiger partial charge in [0.15, 0.2) is 0 Å². The molecule has 6 heteroatoms. The molecule has 5 nitrogen and oxygen atoms in total. The van der Waals surface area contributed by atoms with Crippen LogP contribution in [0.1, 0.15) is 36.6 Å². The first-order chi connectivity index (χ1) is 12.2. The second kappa shape index (κ2) is 6.55. The van der Waals surface area contributed by atoms with Crippen molar-refractivity contribution in [1.29, 1.82) is 0 Å². The minimum Gasteiger partial charge on any atom is -0.494 e. The molecule has 0 radical (unpaired) electrons. The fraction of sp³-hybridized carbons (Fsp3) is 0.263. The van der Waals surface area contributed by atoms with Crippen LogP contribution in [0.15, 0.2) is 54.9 Å². The van der Waals surface area contributed by atoms with Crippen LogP contribution in [0.5, 0.6) is 5.75 Å². The Morgan fingerprint density at radius 1 is 1.12 bits per heavy atom. The summed E-state index contributed by atoms with van der Waals surface area (Å²) in [4.78, 5) is 4.31. The highest BCUT2D eigenvalue weighted by Gasteiger charge is 2.29. The minimum absolute atomic E-state index is 0.0499. The van der Waals surface area contributed by atoms with Gasteiger partial charge in [-0.05, 0) is 48.7 Å². The van der Waals surface area contributed by atoms with E-state index in [2.05, 4.69) is 27.5 Å². The standard InChI is InChI=1S/C19H19FN4O/c1-2-25-16-9-5-14(6-10-16)18-11-17(13-3-7-15(20)8-4-13)23-19-21-12-22-24(18)19/h3-10,12,17-18H,2,11H2,1H3,(H,21,22,23)/t17-,18-/m0/s1. The van der Waals surface area contributed by atoms with E-state index in [1.807, 2.05) is 35.9 Å². The average Bonchev–Trinajstić information content (AvgIpc) is 3.11. The smallest absolute Gasteiger partial charge is 0.222 e. The lowest BCUT2D eigenvalue weighted by atomic mass is 9.93. The Hall–Kier alpha value is -2.89. The predicted molar refractivity (Wildman–Crippen MR) is 93.2 cm³/mol. The number of ether oxygens (including phenoxy) is 1. The van der Waals surface area contributed by atoms with Crippen molar-refractivity contribution in [2.75, 3.05) is 11.9 Å². The summed E-state index contributed by atoms with van der Waals surface area (Å²) in [6, 6.07) is 14.8. The first-order valence-electron chi connectivity index (χ1n) is 8.39. The maximum absolute atomic E-state index is 13.2. The first-order valence-corrected chi connectivity index (χ1v) is 8.39. The second-order valence-corrected chi connectivity index (χ2v) is 6.03. The van der Waals surface area contributed by atoms with Crippen molar-refractivity contribution in [3.8, 4) is 5.75 Å². The van der Waals surface area contributed by atoms with E-state index in [-0.39, 0.29) is 17.9 Å². The van der Waals surface area contributed by atoms with Crippen molar-refractivity contribution in [3.05, 3.63) is 71.8 Å². The third-order valence-corrected chi connectivity index (χ3v) is 4.48. The molecule has 2 heterocycles. The Bertz CT molecular complexity index is 845. The quantitative estimate of drug-likeness (QED) is 0.782. The number of hydrogen-bond donors (Lipinski definition) is 1. The number of hydrogen-bond acceptors (Lipinski definition) is 4. The summed E-state index contributed by atoms with van der Waals surface area (Å²) in [5.41, 5.74) is 2.18. The number of anilines is 1. The maximum atomic E-state index is 13.2. The molecule has 128 valence electrons. The van der Waals surface area contributed by atoms with Gasteiger partial charge in [-0.25, -0.2) is 9.07 Å². The van der Waals surface area contributed by atoms with Gasteiger partial charge in [0.1, 0.15) is 17.9 Å². The zero-order valence-corrected chi connectivity index (χ0v) is 13.9. The van der Waals surface area contributed by atoms with Crippen LogP contribution in [0.25, 0.3) is 0 Å². The largest absolute Gasteiger partial charge is 0.494 e. The van der Waals surface area contributed by atoms with Crippen molar-refractivity contribution in [3.63, 3.8) is 0 Å². The highest BCUT2D eigenvalue weighted by Crippen LogP contribution is 2.37. The summed E-state index contributed by atoms with van der Waals surface area (Å²) in [6.07, 6.45) is 2.35. The third-order valence-electron chi connectivity index (χ3n) is 4.48. The summed E-state index contributed by atoms with van der Waals surface area (Å²) >= 11 is 0. The number of nitrogens with one attached hydrogen (secondary N) is 1. The molecule has 0 amide bonds. The van der Waals surface area contributed by atoms with Crippen LogP contribution in [-0.2, 0) is 0 Å². The van der Waals surface area contributed by atoms with Crippen LogP contribution in [-0.4, -0.2) is 21.4 Å². The highest BCUT2D eigenvalue weighted by molar-refractivity contribution is 5.39. The number of nitrogens with zero attached hydrogens (tertiary/aromatic N) is 3. The van der Waals surface area contributed by atoms with Crippen LogP contribution >= 0.6 is 0 Å². The van der Waals surface area contributed by atoms with Gasteiger partial charge in [-0.3, -0.25) is 0 Å². The number of fused-ring (bicyclic) bond motifs is 1. The molecule has 1 aliphatic rings. The molecule has 0 saturated carbocycles. The van der Waals surface area contributed by atoms with Gasteiger partial charge in [-0.15, -0.1) is 0 Å². The van der Waals surface area contributed by atoms with Crippen molar-refractivity contribution >= 4 is 5.95 Å². The van der Waals surface area contributed by atoms with Crippen LogP contribution in [0.4, 0.5) is 10.3 Å².